The maximum Gasteiger partial charge on any atom is 0.212 e. The maximum absolute atomic E-state index is 8.36. The molecule has 0 fully saturated rings. The predicted octanol–water partition coefficient (Wildman–Crippen LogP) is 4.23. The highest BCUT2D eigenvalue weighted by atomic mass is 14.9. The molecule has 0 spiro atoms. The summed E-state index contributed by atoms with van der Waals surface area (Å²) in [6.45, 7) is 0.653. The minimum atomic E-state index is -2.32. The third-order valence-electron chi connectivity index (χ3n) is 3.31. The first-order valence-electron chi connectivity index (χ1n) is 9.78. The number of aromatic nitrogens is 1. The average molecular weight is 261 g/mol. The second-order valence-corrected chi connectivity index (χ2v) is 5.13. The molecule has 1 heteroatoms. The molecule has 2 aromatic rings. The average Bonchev–Trinajstić information content (AvgIpc) is 2.44. The van der Waals surface area contributed by atoms with E-state index in [0.717, 1.165) is 16.8 Å². The molecule has 0 bridgehead atoms. The van der Waals surface area contributed by atoms with E-state index in [1.54, 1.807) is 55.9 Å². The van der Waals surface area contributed by atoms with E-state index in [0.29, 0.717) is 5.56 Å². The molecule has 0 atom stereocenters. The summed E-state index contributed by atoms with van der Waals surface area (Å²) in [6, 6.07) is 6.66. The molecule has 0 aliphatic carbocycles. The van der Waals surface area contributed by atoms with Gasteiger partial charge in [-0.2, -0.15) is 0 Å². The molecule has 0 saturated carbocycles. The van der Waals surface area contributed by atoms with E-state index in [1.807, 2.05) is 6.92 Å². The Morgan fingerprint density at radius 3 is 2.53 bits per heavy atom. The van der Waals surface area contributed by atoms with E-state index >= 15 is 0 Å². The van der Waals surface area contributed by atoms with Crippen LogP contribution < -0.4 is 4.57 Å². The van der Waals surface area contributed by atoms with Crippen molar-refractivity contribution in [2.75, 3.05) is 0 Å². The van der Waals surface area contributed by atoms with Gasteiger partial charge >= 0.3 is 0 Å². The fourth-order valence-electron chi connectivity index (χ4n) is 2.28. The standard InChI is InChI=1S/C18H24N/c1-12(2)17-10-18(19(6)11-15(17)5)16-8-7-13(3)9-14(16)4/h7-12H,1-6H3/q+1/i3D3,5D3,12D. The summed E-state index contributed by atoms with van der Waals surface area (Å²) in [5.41, 5.74) is 3.18. The van der Waals surface area contributed by atoms with Crippen LogP contribution >= 0.6 is 0 Å². The van der Waals surface area contributed by atoms with Gasteiger partial charge in [0.15, 0.2) is 6.20 Å². The summed E-state index contributed by atoms with van der Waals surface area (Å²) in [5.74, 6) is -1.08. The summed E-state index contributed by atoms with van der Waals surface area (Å²) in [4.78, 5) is 0. The Bertz CT molecular complexity index is 827. The molecule has 0 saturated heterocycles. The van der Waals surface area contributed by atoms with Gasteiger partial charge in [0.2, 0.25) is 5.69 Å². The van der Waals surface area contributed by atoms with Crippen molar-refractivity contribution in [2.24, 2.45) is 7.05 Å². The van der Waals surface area contributed by atoms with E-state index < -0.39 is 19.6 Å². The molecule has 1 heterocycles. The first-order chi connectivity index (χ1) is 11.6. The van der Waals surface area contributed by atoms with Crippen molar-refractivity contribution in [3.8, 4) is 11.3 Å². The minimum Gasteiger partial charge on any atom is -0.201 e. The molecule has 0 unspecified atom stereocenters. The van der Waals surface area contributed by atoms with Crippen LogP contribution in [-0.4, -0.2) is 0 Å². The Morgan fingerprint density at radius 2 is 1.95 bits per heavy atom. The van der Waals surface area contributed by atoms with Crippen molar-refractivity contribution in [1.82, 2.24) is 0 Å². The van der Waals surface area contributed by atoms with Crippen LogP contribution in [0.1, 0.15) is 51.6 Å². The number of pyridine rings is 1. The van der Waals surface area contributed by atoms with E-state index in [9.17, 15) is 0 Å². The van der Waals surface area contributed by atoms with Crippen LogP contribution in [0.25, 0.3) is 11.3 Å². The van der Waals surface area contributed by atoms with Crippen molar-refractivity contribution in [2.45, 2.75) is 40.4 Å². The van der Waals surface area contributed by atoms with Gasteiger partial charge in [-0.05, 0) is 43.7 Å². The van der Waals surface area contributed by atoms with Gasteiger partial charge < -0.3 is 0 Å². The van der Waals surface area contributed by atoms with Gasteiger partial charge in [0.1, 0.15) is 7.05 Å². The monoisotopic (exact) mass is 261 g/mol. The van der Waals surface area contributed by atoms with Crippen LogP contribution in [-0.2, 0) is 7.05 Å². The van der Waals surface area contributed by atoms with Crippen molar-refractivity contribution in [3.05, 3.63) is 52.7 Å². The van der Waals surface area contributed by atoms with Gasteiger partial charge in [0.25, 0.3) is 0 Å². The van der Waals surface area contributed by atoms with Gasteiger partial charge in [0.05, 0.1) is 0 Å². The number of benzene rings is 1. The zero-order valence-corrected chi connectivity index (χ0v) is 11.8. The Morgan fingerprint density at radius 1 is 1.16 bits per heavy atom. The maximum atomic E-state index is 8.36. The smallest absolute Gasteiger partial charge is 0.201 e. The summed E-state index contributed by atoms with van der Waals surface area (Å²) < 4.78 is 56.0. The van der Waals surface area contributed by atoms with E-state index in [2.05, 4.69) is 0 Å². The summed E-state index contributed by atoms with van der Waals surface area (Å²) >= 11 is 0. The molecule has 1 nitrogen and oxygen atoms in total. The van der Waals surface area contributed by atoms with Crippen LogP contribution in [0.5, 0.6) is 0 Å². The van der Waals surface area contributed by atoms with Crippen molar-refractivity contribution < 1.29 is 14.2 Å². The Kier molecular flexibility index (Phi) is 1.96. The van der Waals surface area contributed by atoms with Crippen LogP contribution in [0.2, 0.25) is 0 Å². The SMILES string of the molecule is [2H]C([2H])([2H])c1ccc(-c2cc(C([2H])(C)C)c(C([2H])([2H])[2H])c[n+]2C)c(C)c1. The quantitative estimate of drug-likeness (QED) is 0.712. The highest BCUT2D eigenvalue weighted by Crippen LogP contribution is 2.26. The van der Waals surface area contributed by atoms with Crippen LogP contribution in [0, 0.1) is 20.6 Å². The largest absolute Gasteiger partial charge is 0.212 e. The lowest BCUT2D eigenvalue weighted by Crippen LogP contribution is -2.32. The zero-order chi connectivity index (χ0) is 20.1. The molecular weight excluding hydrogens is 230 g/mol. The second kappa shape index (κ2) is 5.16. The fraction of sp³-hybridized carbons (Fsp3) is 0.389. The second-order valence-electron chi connectivity index (χ2n) is 5.13. The van der Waals surface area contributed by atoms with Crippen LogP contribution in [0.15, 0.2) is 30.5 Å². The van der Waals surface area contributed by atoms with Crippen molar-refractivity contribution in [3.63, 3.8) is 0 Å². The molecule has 19 heavy (non-hydrogen) atoms. The molecule has 1 aromatic carbocycles. The van der Waals surface area contributed by atoms with E-state index in [1.165, 1.54) is 0 Å². The molecular formula is C18H24N+. The van der Waals surface area contributed by atoms with Gasteiger partial charge in [-0.3, -0.25) is 0 Å². The topological polar surface area (TPSA) is 3.88 Å². The Hall–Kier alpha value is -1.63. The lowest BCUT2D eigenvalue weighted by atomic mass is 9.95. The van der Waals surface area contributed by atoms with E-state index in [-0.39, 0.29) is 11.1 Å². The normalized spacial score (nSPS) is 18.4. The number of hydrogen-bond acceptors (Lipinski definition) is 0. The lowest BCUT2D eigenvalue weighted by molar-refractivity contribution is -0.660. The van der Waals surface area contributed by atoms with Gasteiger partial charge in [-0.15, -0.1) is 0 Å². The summed E-state index contributed by atoms with van der Waals surface area (Å²) in [7, 11) is 1.75. The predicted molar refractivity (Wildman–Crippen MR) is 81.4 cm³/mol. The molecule has 1 aromatic heterocycles. The number of hydrogen-bond donors (Lipinski definition) is 0. The van der Waals surface area contributed by atoms with Crippen molar-refractivity contribution >= 4 is 0 Å². The molecule has 0 aliphatic rings. The van der Waals surface area contributed by atoms with Crippen LogP contribution in [0.3, 0.4) is 0 Å². The van der Waals surface area contributed by atoms with Gasteiger partial charge in [0, 0.05) is 26.8 Å². The molecule has 0 radical (unpaired) electrons. The van der Waals surface area contributed by atoms with Crippen LogP contribution in [0.4, 0.5) is 0 Å². The molecule has 2 rings (SSSR count). The number of rotatable bonds is 2. The van der Waals surface area contributed by atoms with Crippen molar-refractivity contribution in [1.29, 1.82) is 0 Å². The van der Waals surface area contributed by atoms with Gasteiger partial charge in [-0.1, -0.05) is 31.5 Å². The number of aryl methyl sites for hydroxylation is 4. The van der Waals surface area contributed by atoms with Gasteiger partial charge in [-0.25, -0.2) is 4.57 Å². The Balaban J connectivity index is 2.72. The Labute approximate surface area is 126 Å². The lowest BCUT2D eigenvalue weighted by Gasteiger charge is -2.12. The van der Waals surface area contributed by atoms with E-state index in [4.69, 9.17) is 9.60 Å². The third-order valence-corrected chi connectivity index (χ3v) is 3.31. The fourth-order valence-corrected chi connectivity index (χ4v) is 2.28. The highest BCUT2D eigenvalue weighted by molar-refractivity contribution is 5.62. The zero-order valence-electron chi connectivity index (χ0n) is 18.8. The highest BCUT2D eigenvalue weighted by Gasteiger charge is 2.16. The first kappa shape index (κ1) is 7.23. The first-order valence-corrected chi connectivity index (χ1v) is 6.28. The summed E-state index contributed by atoms with van der Waals surface area (Å²) in [6.07, 6.45) is 1.55. The number of nitrogens with zero attached hydrogens (tertiary/aromatic N) is 1. The minimum absolute atomic E-state index is 0.153. The summed E-state index contributed by atoms with van der Waals surface area (Å²) in [5, 5.41) is 0. The molecule has 100 valence electrons. The molecule has 0 N–H and O–H groups in total. The molecule has 0 aliphatic heterocycles. The third kappa shape index (κ3) is 2.70. The molecule has 0 amide bonds.